The number of aromatic nitrogens is 1. The highest BCUT2D eigenvalue weighted by Gasteiger charge is 2.23. The molecule has 1 rings (SSSR count). The molecule has 0 aliphatic heterocycles. The second-order valence-corrected chi connectivity index (χ2v) is 7.42. The topological polar surface area (TPSA) is 59.5 Å². The lowest BCUT2D eigenvalue weighted by Gasteiger charge is -2.24. The Kier molecular flexibility index (Phi) is 5.33. The van der Waals surface area contributed by atoms with Crippen molar-refractivity contribution in [3.8, 4) is 0 Å². The summed E-state index contributed by atoms with van der Waals surface area (Å²) in [5.41, 5.74) is 0.493. The summed E-state index contributed by atoms with van der Waals surface area (Å²) in [6, 6.07) is 5.38. The zero-order valence-corrected chi connectivity index (χ0v) is 14.6. The highest BCUT2D eigenvalue weighted by atomic mass is 16.6. The second kappa shape index (κ2) is 6.46. The molecule has 5 heteroatoms. The van der Waals surface area contributed by atoms with Crippen molar-refractivity contribution in [2.24, 2.45) is 0 Å². The summed E-state index contributed by atoms with van der Waals surface area (Å²) >= 11 is 0. The van der Waals surface area contributed by atoms with E-state index in [0.29, 0.717) is 5.69 Å². The van der Waals surface area contributed by atoms with Crippen LogP contribution in [0.15, 0.2) is 18.2 Å². The van der Waals surface area contributed by atoms with Crippen molar-refractivity contribution in [1.29, 1.82) is 0 Å². The highest BCUT2D eigenvalue weighted by molar-refractivity contribution is 5.97. The van der Waals surface area contributed by atoms with Crippen LogP contribution in [0.3, 0.4) is 0 Å². The molecule has 22 heavy (non-hydrogen) atoms. The average Bonchev–Trinajstić information content (AvgIpc) is 2.35. The Morgan fingerprint density at radius 3 is 2.23 bits per heavy atom. The molecule has 0 spiro atoms. The van der Waals surface area contributed by atoms with Crippen molar-refractivity contribution in [3.05, 3.63) is 29.6 Å². The number of Topliss-reactive ketones (excluding diaryl/α,β-unsaturated/α-hetero) is 1. The molecule has 5 nitrogen and oxygen atoms in total. The van der Waals surface area contributed by atoms with Crippen LogP contribution >= 0.6 is 0 Å². The van der Waals surface area contributed by atoms with Crippen molar-refractivity contribution < 1.29 is 14.3 Å². The number of rotatable bonds is 3. The Labute approximate surface area is 132 Å². The van der Waals surface area contributed by atoms with Crippen molar-refractivity contribution >= 4 is 11.9 Å². The minimum atomic E-state index is -0.585. The zero-order valence-electron chi connectivity index (χ0n) is 14.6. The minimum absolute atomic E-state index is 0.0600. The van der Waals surface area contributed by atoms with Gasteiger partial charge in [0.1, 0.15) is 11.3 Å². The number of carbonyl (C=O) groups excluding carboxylic acids is 2. The van der Waals surface area contributed by atoms with Gasteiger partial charge < -0.3 is 9.64 Å². The lowest BCUT2D eigenvalue weighted by Crippen LogP contribution is -2.37. The first-order valence-electron chi connectivity index (χ1n) is 7.35. The van der Waals surface area contributed by atoms with E-state index in [0.717, 1.165) is 5.69 Å². The summed E-state index contributed by atoms with van der Waals surface area (Å²) in [5, 5.41) is 0. The molecule has 0 unspecified atom stereocenters. The van der Waals surface area contributed by atoms with Crippen LogP contribution < -0.4 is 0 Å². The molecule has 1 aromatic rings. The largest absolute Gasteiger partial charge is 0.444 e. The number of carbonyl (C=O) groups is 2. The number of amides is 1. The van der Waals surface area contributed by atoms with Crippen molar-refractivity contribution in [2.45, 2.75) is 52.6 Å². The van der Waals surface area contributed by atoms with E-state index < -0.39 is 11.7 Å². The van der Waals surface area contributed by atoms with Gasteiger partial charge >= 0.3 is 6.09 Å². The molecule has 0 fully saturated rings. The number of nitrogens with zero attached hydrogens (tertiary/aromatic N) is 2. The van der Waals surface area contributed by atoms with Gasteiger partial charge in [0.2, 0.25) is 5.78 Å². The third-order valence-electron chi connectivity index (χ3n) is 2.89. The first kappa shape index (κ1) is 18.1. The van der Waals surface area contributed by atoms with Gasteiger partial charge in [-0.05, 0) is 32.9 Å². The van der Waals surface area contributed by atoms with Gasteiger partial charge in [-0.1, -0.05) is 26.8 Å². The first-order chi connectivity index (χ1) is 9.90. The van der Waals surface area contributed by atoms with E-state index in [1.807, 2.05) is 32.9 Å². The summed E-state index contributed by atoms with van der Waals surface area (Å²) in [6.45, 7) is 11.4. The van der Waals surface area contributed by atoms with Gasteiger partial charge in [0, 0.05) is 18.2 Å². The Bertz CT molecular complexity index is 554. The summed E-state index contributed by atoms with van der Waals surface area (Å²) in [4.78, 5) is 29.8. The monoisotopic (exact) mass is 306 g/mol. The lowest BCUT2D eigenvalue weighted by atomic mass is 9.91. The molecule has 0 saturated heterocycles. The van der Waals surface area contributed by atoms with Gasteiger partial charge in [-0.2, -0.15) is 0 Å². The zero-order chi connectivity index (χ0) is 17.1. The Morgan fingerprint density at radius 2 is 1.73 bits per heavy atom. The molecule has 0 aliphatic carbocycles. The van der Waals surface area contributed by atoms with Crippen LogP contribution in [0, 0.1) is 0 Å². The van der Waals surface area contributed by atoms with Crippen molar-refractivity contribution in [1.82, 2.24) is 9.88 Å². The third-order valence-corrected chi connectivity index (χ3v) is 2.89. The van der Waals surface area contributed by atoms with Gasteiger partial charge in [0.05, 0.1) is 6.54 Å². The van der Waals surface area contributed by atoms with Gasteiger partial charge in [-0.15, -0.1) is 0 Å². The van der Waals surface area contributed by atoms with Crippen LogP contribution in [0.2, 0.25) is 0 Å². The Hall–Kier alpha value is -1.91. The quantitative estimate of drug-likeness (QED) is 0.803. The molecule has 0 N–H and O–H groups in total. The molecule has 1 amide bonds. The van der Waals surface area contributed by atoms with E-state index in [9.17, 15) is 9.59 Å². The van der Waals surface area contributed by atoms with Crippen LogP contribution in [-0.4, -0.2) is 41.0 Å². The molecule has 1 heterocycles. The van der Waals surface area contributed by atoms with Crippen LogP contribution in [-0.2, 0) is 10.2 Å². The maximum Gasteiger partial charge on any atom is 0.410 e. The van der Waals surface area contributed by atoms with Crippen LogP contribution in [0.25, 0.3) is 0 Å². The first-order valence-corrected chi connectivity index (χ1v) is 7.35. The Morgan fingerprint density at radius 1 is 1.14 bits per heavy atom. The SMILES string of the molecule is CN(CC(=O)c1cccc(C(C)(C)C)n1)C(=O)OC(C)(C)C. The summed E-state index contributed by atoms with van der Waals surface area (Å²) in [5.74, 6) is -0.209. The fourth-order valence-electron chi connectivity index (χ4n) is 1.71. The lowest BCUT2D eigenvalue weighted by molar-refractivity contribution is 0.0294. The number of hydrogen-bond acceptors (Lipinski definition) is 4. The van der Waals surface area contributed by atoms with Crippen LogP contribution in [0.1, 0.15) is 57.7 Å². The van der Waals surface area contributed by atoms with E-state index in [1.165, 1.54) is 4.90 Å². The smallest absolute Gasteiger partial charge is 0.410 e. The van der Waals surface area contributed by atoms with Gasteiger partial charge in [-0.3, -0.25) is 4.79 Å². The highest BCUT2D eigenvalue weighted by Crippen LogP contribution is 2.20. The van der Waals surface area contributed by atoms with E-state index in [4.69, 9.17) is 4.74 Å². The van der Waals surface area contributed by atoms with Crippen molar-refractivity contribution in [3.63, 3.8) is 0 Å². The molecule has 0 aromatic carbocycles. The Balaban J connectivity index is 2.79. The van der Waals surface area contributed by atoms with Crippen LogP contribution in [0.4, 0.5) is 4.79 Å². The summed E-state index contributed by atoms with van der Waals surface area (Å²) in [7, 11) is 1.54. The molecule has 0 radical (unpaired) electrons. The van der Waals surface area contributed by atoms with Gasteiger partial charge in [0.25, 0.3) is 0 Å². The molecule has 1 aromatic heterocycles. The van der Waals surface area contributed by atoms with E-state index in [2.05, 4.69) is 4.98 Å². The molecule has 0 saturated carbocycles. The maximum absolute atomic E-state index is 12.3. The molecule has 0 atom stereocenters. The predicted octanol–water partition coefficient (Wildman–Crippen LogP) is 3.43. The van der Waals surface area contributed by atoms with Crippen LogP contribution in [0.5, 0.6) is 0 Å². The maximum atomic E-state index is 12.3. The second-order valence-electron chi connectivity index (χ2n) is 7.42. The fraction of sp³-hybridized carbons (Fsp3) is 0.588. The third kappa shape index (κ3) is 5.47. The fourth-order valence-corrected chi connectivity index (χ4v) is 1.71. The minimum Gasteiger partial charge on any atom is -0.444 e. The van der Waals surface area contributed by atoms with E-state index in [-0.39, 0.29) is 17.7 Å². The van der Waals surface area contributed by atoms with Crippen molar-refractivity contribution in [2.75, 3.05) is 13.6 Å². The molecule has 0 bridgehead atoms. The summed E-state index contributed by atoms with van der Waals surface area (Å²) in [6.07, 6.45) is -0.521. The van der Waals surface area contributed by atoms with E-state index in [1.54, 1.807) is 33.9 Å². The standard InChI is InChI=1S/C17H26N2O3/c1-16(2,3)14-10-8-9-12(18-14)13(20)11-19(7)15(21)22-17(4,5)6/h8-10H,11H2,1-7H3. The predicted molar refractivity (Wildman–Crippen MR) is 86.1 cm³/mol. The average molecular weight is 306 g/mol. The number of pyridine rings is 1. The number of likely N-dealkylation sites (N-methyl/N-ethyl adjacent to an activating group) is 1. The number of ketones is 1. The molecular formula is C17H26N2O3. The normalized spacial score (nSPS) is 12.0. The molecule has 122 valence electrons. The molecular weight excluding hydrogens is 280 g/mol. The number of ether oxygens (including phenoxy) is 1. The van der Waals surface area contributed by atoms with Gasteiger partial charge in [0.15, 0.2) is 0 Å². The summed E-state index contributed by atoms with van der Waals surface area (Å²) < 4.78 is 5.23. The number of hydrogen-bond donors (Lipinski definition) is 0. The van der Waals surface area contributed by atoms with Gasteiger partial charge in [-0.25, -0.2) is 9.78 Å². The van der Waals surface area contributed by atoms with E-state index >= 15 is 0 Å². The molecule has 0 aliphatic rings.